The summed E-state index contributed by atoms with van der Waals surface area (Å²) < 4.78 is 6.67. The lowest BCUT2D eigenvalue weighted by molar-refractivity contribution is 0.102. The second-order valence-electron chi connectivity index (χ2n) is 4.69. The molecule has 0 bridgehead atoms. The minimum absolute atomic E-state index is 0.134. The second-order valence-corrected chi connectivity index (χ2v) is 5.13. The van der Waals surface area contributed by atoms with E-state index in [1.165, 1.54) is 17.1 Å². The maximum absolute atomic E-state index is 12.4. The summed E-state index contributed by atoms with van der Waals surface area (Å²) in [5.74, 6) is 0.150. The number of anilines is 1. The number of furan rings is 1. The second kappa shape index (κ2) is 5.27. The molecule has 0 radical (unpaired) electrons. The Balaban J connectivity index is 2.07. The number of nitrogens with one attached hydrogen (secondary N) is 1. The summed E-state index contributed by atoms with van der Waals surface area (Å²) in [5.41, 5.74) is -0.0636. The molecular weight excluding hydrogens is 308 g/mol. The van der Waals surface area contributed by atoms with Crippen molar-refractivity contribution in [3.05, 3.63) is 51.4 Å². The fourth-order valence-corrected chi connectivity index (χ4v) is 2.20. The maximum Gasteiger partial charge on any atom is 0.265 e. The molecule has 3 aromatic rings. The van der Waals surface area contributed by atoms with Gasteiger partial charge in [-0.15, -0.1) is 0 Å². The summed E-state index contributed by atoms with van der Waals surface area (Å²) in [4.78, 5) is 32.6. The molecule has 7 nitrogen and oxygen atoms in total. The van der Waals surface area contributed by atoms with Crippen LogP contribution in [0.2, 0.25) is 5.02 Å². The first-order valence-electron chi connectivity index (χ1n) is 6.35. The largest absolute Gasteiger partial charge is 0.442 e. The van der Waals surface area contributed by atoms with E-state index in [-0.39, 0.29) is 22.2 Å². The van der Waals surface area contributed by atoms with Gasteiger partial charge in [0, 0.05) is 13.2 Å². The number of amides is 1. The number of carbonyl (C=O) groups excluding carboxylic acids is 1. The van der Waals surface area contributed by atoms with Crippen molar-refractivity contribution in [2.75, 3.05) is 5.32 Å². The van der Waals surface area contributed by atoms with Gasteiger partial charge in [-0.1, -0.05) is 11.6 Å². The SMILES string of the molecule is Cc1oc2ncn(C)c(=O)c2c1C(=O)Nc1ccc(Cl)cn1. The van der Waals surface area contributed by atoms with Crippen LogP contribution in [0, 0.1) is 6.92 Å². The molecule has 0 fully saturated rings. The standard InChI is InChI=1S/C14H11ClN4O3/c1-7-10(11-13(22-7)17-6-19(2)14(11)21)12(20)18-9-4-3-8(15)5-16-9/h3-6H,1-2H3,(H,16,18,20). The van der Waals surface area contributed by atoms with Crippen molar-refractivity contribution in [1.29, 1.82) is 0 Å². The minimum Gasteiger partial charge on any atom is -0.442 e. The number of fused-ring (bicyclic) bond motifs is 1. The lowest BCUT2D eigenvalue weighted by Gasteiger charge is -2.04. The van der Waals surface area contributed by atoms with Crippen LogP contribution in [0.3, 0.4) is 0 Å². The molecule has 0 aliphatic carbocycles. The Morgan fingerprint density at radius 2 is 2.14 bits per heavy atom. The van der Waals surface area contributed by atoms with Gasteiger partial charge >= 0.3 is 0 Å². The summed E-state index contributed by atoms with van der Waals surface area (Å²) in [6.45, 7) is 1.60. The van der Waals surface area contributed by atoms with E-state index in [4.69, 9.17) is 16.0 Å². The number of carbonyl (C=O) groups is 1. The van der Waals surface area contributed by atoms with Crippen LogP contribution in [-0.4, -0.2) is 20.4 Å². The van der Waals surface area contributed by atoms with E-state index in [1.54, 1.807) is 26.1 Å². The van der Waals surface area contributed by atoms with Crippen LogP contribution in [0.25, 0.3) is 11.1 Å². The predicted octanol–water partition coefficient (Wildman–Crippen LogP) is 2.14. The van der Waals surface area contributed by atoms with Gasteiger partial charge in [-0.25, -0.2) is 9.97 Å². The number of halogens is 1. The molecule has 0 saturated carbocycles. The van der Waals surface area contributed by atoms with Crippen LogP contribution >= 0.6 is 11.6 Å². The zero-order chi connectivity index (χ0) is 15.9. The van der Waals surface area contributed by atoms with Crippen molar-refractivity contribution in [2.24, 2.45) is 7.05 Å². The van der Waals surface area contributed by atoms with Crippen LogP contribution in [0.5, 0.6) is 0 Å². The van der Waals surface area contributed by atoms with Crippen molar-refractivity contribution in [1.82, 2.24) is 14.5 Å². The molecule has 0 saturated heterocycles. The number of hydrogen-bond donors (Lipinski definition) is 1. The zero-order valence-electron chi connectivity index (χ0n) is 11.8. The Bertz CT molecular complexity index is 928. The highest BCUT2D eigenvalue weighted by atomic mass is 35.5. The molecule has 1 amide bonds. The molecular formula is C14H11ClN4O3. The molecule has 0 atom stereocenters. The molecule has 0 spiro atoms. The van der Waals surface area contributed by atoms with Gasteiger partial charge in [0.15, 0.2) is 0 Å². The normalized spacial score (nSPS) is 10.9. The van der Waals surface area contributed by atoms with Gasteiger partial charge < -0.3 is 14.3 Å². The molecule has 0 aliphatic rings. The topological polar surface area (TPSA) is 90.0 Å². The van der Waals surface area contributed by atoms with E-state index in [1.807, 2.05) is 0 Å². The number of aromatic nitrogens is 3. The van der Waals surface area contributed by atoms with Crippen LogP contribution in [0.4, 0.5) is 5.82 Å². The fourth-order valence-electron chi connectivity index (χ4n) is 2.09. The van der Waals surface area contributed by atoms with Gasteiger partial charge in [-0.2, -0.15) is 0 Å². The average Bonchev–Trinajstić information content (AvgIpc) is 2.82. The molecule has 3 heterocycles. The van der Waals surface area contributed by atoms with Gasteiger partial charge in [-0.05, 0) is 19.1 Å². The van der Waals surface area contributed by atoms with Crippen molar-refractivity contribution in [2.45, 2.75) is 6.92 Å². The number of rotatable bonds is 2. The fraction of sp³-hybridized carbons (Fsp3) is 0.143. The molecule has 8 heteroatoms. The first-order valence-corrected chi connectivity index (χ1v) is 6.73. The highest BCUT2D eigenvalue weighted by molar-refractivity contribution is 6.30. The van der Waals surface area contributed by atoms with Crippen LogP contribution < -0.4 is 10.9 Å². The molecule has 0 unspecified atom stereocenters. The van der Waals surface area contributed by atoms with Crippen LogP contribution in [0.15, 0.2) is 33.9 Å². The Morgan fingerprint density at radius 3 is 2.82 bits per heavy atom. The number of aryl methyl sites for hydroxylation is 2. The first-order chi connectivity index (χ1) is 10.5. The van der Waals surface area contributed by atoms with Crippen molar-refractivity contribution in [3.63, 3.8) is 0 Å². The summed E-state index contributed by atoms with van der Waals surface area (Å²) >= 11 is 5.75. The maximum atomic E-state index is 12.4. The third kappa shape index (κ3) is 2.35. The van der Waals surface area contributed by atoms with E-state index < -0.39 is 5.91 Å². The quantitative estimate of drug-likeness (QED) is 0.781. The third-order valence-corrected chi connectivity index (χ3v) is 3.37. The van der Waals surface area contributed by atoms with E-state index >= 15 is 0 Å². The van der Waals surface area contributed by atoms with Crippen LogP contribution in [-0.2, 0) is 7.05 Å². The highest BCUT2D eigenvalue weighted by Crippen LogP contribution is 2.22. The van der Waals surface area contributed by atoms with Gasteiger partial charge in [-0.3, -0.25) is 9.59 Å². The number of hydrogen-bond acceptors (Lipinski definition) is 5. The number of nitrogens with zero attached hydrogens (tertiary/aromatic N) is 3. The van der Waals surface area contributed by atoms with E-state index in [0.29, 0.717) is 16.6 Å². The van der Waals surface area contributed by atoms with Crippen molar-refractivity contribution < 1.29 is 9.21 Å². The molecule has 3 rings (SSSR count). The monoisotopic (exact) mass is 318 g/mol. The smallest absolute Gasteiger partial charge is 0.265 e. The Labute approximate surface area is 129 Å². The predicted molar refractivity (Wildman–Crippen MR) is 81.2 cm³/mol. The summed E-state index contributed by atoms with van der Waals surface area (Å²) in [6.07, 6.45) is 2.76. The summed E-state index contributed by atoms with van der Waals surface area (Å²) in [7, 11) is 1.56. The molecule has 0 aliphatic heterocycles. The molecule has 0 aromatic carbocycles. The van der Waals surface area contributed by atoms with E-state index in [9.17, 15) is 9.59 Å². The van der Waals surface area contributed by atoms with Crippen LogP contribution in [0.1, 0.15) is 16.1 Å². The van der Waals surface area contributed by atoms with Gasteiger partial charge in [0.05, 0.1) is 10.6 Å². The van der Waals surface area contributed by atoms with Gasteiger partial charge in [0.1, 0.15) is 23.3 Å². The summed E-state index contributed by atoms with van der Waals surface area (Å²) in [5, 5.41) is 3.21. The first kappa shape index (κ1) is 14.3. The highest BCUT2D eigenvalue weighted by Gasteiger charge is 2.22. The minimum atomic E-state index is -0.490. The summed E-state index contributed by atoms with van der Waals surface area (Å²) in [6, 6.07) is 3.17. The van der Waals surface area contributed by atoms with Crippen molar-refractivity contribution in [3.8, 4) is 0 Å². The van der Waals surface area contributed by atoms with Crippen molar-refractivity contribution >= 4 is 34.4 Å². The third-order valence-electron chi connectivity index (χ3n) is 3.14. The Hall–Kier alpha value is -2.67. The van der Waals surface area contributed by atoms with Gasteiger partial charge in [0.25, 0.3) is 11.5 Å². The Morgan fingerprint density at radius 1 is 1.36 bits per heavy atom. The molecule has 1 N–H and O–H groups in total. The molecule has 112 valence electrons. The lowest BCUT2D eigenvalue weighted by atomic mass is 10.2. The zero-order valence-corrected chi connectivity index (χ0v) is 12.5. The van der Waals surface area contributed by atoms with E-state index in [0.717, 1.165) is 0 Å². The average molecular weight is 319 g/mol. The van der Waals surface area contributed by atoms with Gasteiger partial charge in [0.2, 0.25) is 5.71 Å². The number of pyridine rings is 1. The van der Waals surface area contributed by atoms with E-state index in [2.05, 4.69) is 15.3 Å². The molecule has 22 heavy (non-hydrogen) atoms. The Kier molecular flexibility index (Phi) is 3.42. The molecule has 3 aromatic heterocycles. The lowest BCUT2D eigenvalue weighted by Crippen LogP contribution is -2.20.